The summed E-state index contributed by atoms with van der Waals surface area (Å²) in [6.07, 6.45) is 11.6. The van der Waals surface area contributed by atoms with Gasteiger partial charge in [0.2, 0.25) is 0 Å². The molecule has 0 radical (unpaired) electrons. The number of nitrogens with zero attached hydrogens (tertiary/aromatic N) is 3. The van der Waals surface area contributed by atoms with Gasteiger partial charge in [-0.2, -0.15) is 5.10 Å². The fraction of sp³-hybridized carbons (Fsp3) is 0.529. The van der Waals surface area contributed by atoms with Gasteiger partial charge in [-0.1, -0.05) is 25.3 Å². The molecule has 4 heteroatoms. The highest BCUT2D eigenvalue weighted by Crippen LogP contribution is 2.27. The minimum Gasteiger partial charge on any atom is -0.311 e. The van der Waals surface area contributed by atoms with Crippen LogP contribution in [0.25, 0.3) is 0 Å². The highest BCUT2D eigenvalue weighted by molar-refractivity contribution is 5.04. The Morgan fingerprint density at radius 2 is 2.00 bits per heavy atom. The zero-order valence-electron chi connectivity index (χ0n) is 12.5. The molecule has 1 saturated carbocycles. The van der Waals surface area contributed by atoms with E-state index in [0.29, 0.717) is 6.04 Å². The highest BCUT2D eigenvalue weighted by Gasteiger charge is 2.15. The van der Waals surface area contributed by atoms with Crippen LogP contribution in [0.1, 0.15) is 49.5 Å². The van der Waals surface area contributed by atoms with Gasteiger partial charge in [-0.3, -0.25) is 9.67 Å². The molecule has 0 amide bonds. The summed E-state index contributed by atoms with van der Waals surface area (Å²) in [7, 11) is 0. The zero-order valence-corrected chi connectivity index (χ0v) is 12.5. The molecule has 0 spiro atoms. The summed E-state index contributed by atoms with van der Waals surface area (Å²) in [5, 5.41) is 8.17. The molecule has 1 fully saturated rings. The monoisotopic (exact) mass is 284 g/mol. The maximum Gasteiger partial charge on any atom is 0.0762 e. The van der Waals surface area contributed by atoms with Gasteiger partial charge in [-0.25, -0.2) is 0 Å². The summed E-state index contributed by atoms with van der Waals surface area (Å²) in [6.45, 7) is 1.78. The Kier molecular flexibility index (Phi) is 5.00. The van der Waals surface area contributed by atoms with Crippen molar-refractivity contribution < 1.29 is 0 Å². The van der Waals surface area contributed by atoms with Gasteiger partial charge >= 0.3 is 0 Å². The average molecular weight is 284 g/mol. The van der Waals surface area contributed by atoms with Gasteiger partial charge in [0.1, 0.15) is 0 Å². The van der Waals surface area contributed by atoms with Crippen molar-refractivity contribution in [3.05, 3.63) is 48.0 Å². The van der Waals surface area contributed by atoms with Crippen LogP contribution in [0.3, 0.4) is 0 Å². The third-order valence-corrected chi connectivity index (χ3v) is 4.20. The van der Waals surface area contributed by atoms with Crippen LogP contribution < -0.4 is 5.32 Å². The van der Waals surface area contributed by atoms with E-state index < -0.39 is 0 Å². The van der Waals surface area contributed by atoms with Gasteiger partial charge in [0.15, 0.2) is 0 Å². The van der Waals surface area contributed by atoms with Gasteiger partial charge in [0.05, 0.1) is 11.7 Å². The minimum atomic E-state index is 0.626. The van der Waals surface area contributed by atoms with E-state index in [9.17, 15) is 0 Å². The predicted octanol–water partition coefficient (Wildman–Crippen LogP) is 3.12. The van der Waals surface area contributed by atoms with Crippen LogP contribution in [0, 0.1) is 0 Å². The number of hydrogen-bond acceptors (Lipinski definition) is 3. The average Bonchev–Trinajstić information content (AvgIpc) is 3.02. The second kappa shape index (κ2) is 7.36. The molecule has 112 valence electrons. The van der Waals surface area contributed by atoms with Crippen LogP contribution in [-0.2, 0) is 13.0 Å². The van der Waals surface area contributed by atoms with Crippen molar-refractivity contribution in [3.63, 3.8) is 0 Å². The van der Waals surface area contributed by atoms with Gasteiger partial charge < -0.3 is 5.32 Å². The van der Waals surface area contributed by atoms with Crippen molar-refractivity contribution >= 4 is 0 Å². The van der Waals surface area contributed by atoms with E-state index in [0.717, 1.165) is 30.9 Å². The van der Waals surface area contributed by atoms with E-state index in [2.05, 4.69) is 33.3 Å². The second-order valence-corrected chi connectivity index (χ2v) is 5.83. The Labute approximate surface area is 126 Å². The summed E-state index contributed by atoms with van der Waals surface area (Å²) in [5.74, 6) is 0. The normalized spacial score (nSPS) is 16.2. The zero-order chi connectivity index (χ0) is 14.3. The Balaban J connectivity index is 1.42. The van der Waals surface area contributed by atoms with E-state index in [-0.39, 0.29) is 0 Å². The van der Waals surface area contributed by atoms with Crippen molar-refractivity contribution in [3.8, 4) is 0 Å². The van der Waals surface area contributed by atoms with Gasteiger partial charge in [-0.15, -0.1) is 0 Å². The maximum atomic E-state index is 4.72. The molecule has 2 aromatic rings. The summed E-state index contributed by atoms with van der Waals surface area (Å²) >= 11 is 0. The van der Waals surface area contributed by atoms with Crippen LogP contribution in [0.2, 0.25) is 0 Å². The topological polar surface area (TPSA) is 42.7 Å². The van der Waals surface area contributed by atoms with Crippen LogP contribution in [-0.4, -0.2) is 21.3 Å². The number of aromatic nitrogens is 3. The molecule has 0 saturated heterocycles. The van der Waals surface area contributed by atoms with E-state index >= 15 is 0 Å². The molecule has 2 aromatic heterocycles. The quantitative estimate of drug-likeness (QED) is 0.829. The van der Waals surface area contributed by atoms with Crippen LogP contribution in [0.4, 0.5) is 0 Å². The maximum absolute atomic E-state index is 4.72. The third-order valence-electron chi connectivity index (χ3n) is 4.20. The molecule has 4 nitrogen and oxygen atoms in total. The van der Waals surface area contributed by atoms with Crippen molar-refractivity contribution in [1.82, 2.24) is 20.1 Å². The first-order valence-corrected chi connectivity index (χ1v) is 8.06. The van der Waals surface area contributed by atoms with Crippen LogP contribution in [0.15, 0.2) is 36.7 Å². The molecule has 3 rings (SSSR count). The second-order valence-electron chi connectivity index (χ2n) is 5.83. The van der Waals surface area contributed by atoms with Crippen molar-refractivity contribution in [2.75, 3.05) is 6.54 Å². The standard InChI is InChI=1S/C17H24N4/c1-2-7-17(8-3-1)21-13-10-16(20-21)14-18-12-9-15-6-4-5-11-19-15/h4-6,10-11,13,17-18H,1-3,7-9,12,14H2. The highest BCUT2D eigenvalue weighted by atomic mass is 15.3. The number of rotatable bonds is 6. The molecule has 21 heavy (non-hydrogen) atoms. The molecular formula is C17H24N4. The van der Waals surface area contributed by atoms with Crippen molar-refractivity contribution in [2.24, 2.45) is 0 Å². The number of nitrogens with one attached hydrogen (secondary N) is 1. The van der Waals surface area contributed by atoms with E-state index in [1.165, 1.54) is 32.1 Å². The molecule has 0 unspecified atom stereocenters. The largest absolute Gasteiger partial charge is 0.311 e. The minimum absolute atomic E-state index is 0.626. The van der Waals surface area contributed by atoms with Gasteiger partial charge in [0.25, 0.3) is 0 Å². The number of pyridine rings is 1. The summed E-state index contributed by atoms with van der Waals surface area (Å²) in [5.41, 5.74) is 2.28. The Morgan fingerprint density at radius 3 is 2.81 bits per heavy atom. The number of hydrogen-bond donors (Lipinski definition) is 1. The lowest BCUT2D eigenvalue weighted by Gasteiger charge is -2.21. The Hall–Kier alpha value is -1.68. The lowest BCUT2D eigenvalue weighted by molar-refractivity contribution is 0.327. The lowest BCUT2D eigenvalue weighted by atomic mass is 9.96. The summed E-state index contributed by atoms with van der Waals surface area (Å²) in [4.78, 5) is 4.33. The molecule has 0 bridgehead atoms. The fourth-order valence-electron chi connectivity index (χ4n) is 3.00. The van der Waals surface area contributed by atoms with E-state index in [1.807, 2.05) is 18.3 Å². The predicted molar refractivity (Wildman–Crippen MR) is 84.0 cm³/mol. The molecule has 0 atom stereocenters. The van der Waals surface area contributed by atoms with Crippen LogP contribution in [0.5, 0.6) is 0 Å². The molecule has 1 aliphatic carbocycles. The van der Waals surface area contributed by atoms with Crippen LogP contribution >= 0.6 is 0 Å². The molecule has 0 aliphatic heterocycles. The van der Waals surface area contributed by atoms with E-state index in [1.54, 1.807) is 0 Å². The molecule has 1 aliphatic rings. The van der Waals surface area contributed by atoms with Crippen molar-refractivity contribution in [1.29, 1.82) is 0 Å². The summed E-state index contributed by atoms with van der Waals surface area (Å²) < 4.78 is 2.18. The van der Waals surface area contributed by atoms with Crippen molar-refractivity contribution in [2.45, 2.75) is 51.1 Å². The molecule has 0 aromatic carbocycles. The molecular weight excluding hydrogens is 260 g/mol. The first-order valence-electron chi connectivity index (χ1n) is 8.06. The summed E-state index contributed by atoms with van der Waals surface area (Å²) in [6, 6.07) is 8.83. The first kappa shape index (κ1) is 14.3. The van der Waals surface area contributed by atoms with E-state index in [4.69, 9.17) is 5.10 Å². The molecule has 1 N–H and O–H groups in total. The SMILES string of the molecule is c1ccc(CCNCc2ccn(C3CCCCC3)n2)nc1. The first-order chi connectivity index (χ1) is 10.4. The molecule has 2 heterocycles. The van der Waals surface area contributed by atoms with Gasteiger partial charge in [0, 0.05) is 37.6 Å². The smallest absolute Gasteiger partial charge is 0.0762 e. The third kappa shape index (κ3) is 4.14. The van der Waals surface area contributed by atoms with Gasteiger partial charge in [-0.05, 0) is 31.0 Å². The lowest BCUT2D eigenvalue weighted by Crippen LogP contribution is -2.18. The Bertz CT molecular complexity index is 529. The Morgan fingerprint density at radius 1 is 1.10 bits per heavy atom. The fourth-order valence-corrected chi connectivity index (χ4v) is 3.00.